The molecule has 2 rings (SSSR count). The van der Waals surface area contributed by atoms with E-state index in [2.05, 4.69) is 10.2 Å². The summed E-state index contributed by atoms with van der Waals surface area (Å²) in [4.78, 5) is 25.5. The van der Waals surface area contributed by atoms with E-state index in [0.29, 0.717) is 17.9 Å². The van der Waals surface area contributed by atoms with Crippen LogP contribution in [0.2, 0.25) is 0 Å². The fourth-order valence-electron chi connectivity index (χ4n) is 2.63. The third kappa shape index (κ3) is 7.44. The summed E-state index contributed by atoms with van der Waals surface area (Å²) in [6, 6.07) is 5.51. The summed E-state index contributed by atoms with van der Waals surface area (Å²) in [5, 5.41) is 11.8. The predicted molar refractivity (Wildman–Crippen MR) is 99.0 cm³/mol. The van der Waals surface area contributed by atoms with Crippen molar-refractivity contribution in [3.8, 4) is 5.75 Å². The van der Waals surface area contributed by atoms with Crippen molar-refractivity contribution in [2.75, 3.05) is 46.1 Å². The van der Waals surface area contributed by atoms with Crippen LogP contribution in [-0.2, 0) is 14.3 Å². The van der Waals surface area contributed by atoms with E-state index in [1.54, 1.807) is 24.3 Å². The van der Waals surface area contributed by atoms with Crippen molar-refractivity contribution < 1.29 is 28.9 Å². The molecule has 27 heavy (non-hydrogen) atoms. The van der Waals surface area contributed by atoms with E-state index < -0.39 is 18.1 Å². The van der Waals surface area contributed by atoms with Crippen LogP contribution in [0.25, 0.3) is 0 Å². The minimum absolute atomic E-state index is 0.268. The Morgan fingerprint density at radius 2 is 1.93 bits per heavy atom. The number of nitrogens with zero attached hydrogens (tertiary/aromatic N) is 1. The first-order valence-corrected chi connectivity index (χ1v) is 9.29. The Labute approximate surface area is 159 Å². The standard InChI is InChI=1S/C19H28N2O6/c1-2-3-11-27-19(24)20-17(18(22)23)15-4-6-16(7-5-15)26-14-10-21-8-12-25-13-9-21/h4-7,17H,2-3,8-14H2,1H3,(H,20,24)(H,22,23). The maximum Gasteiger partial charge on any atom is 0.408 e. The lowest BCUT2D eigenvalue weighted by Gasteiger charge is -2.26. The van der Waals surface area contributed by atoms with Crippen LogP contribution in [0.1, 0.15) is 31.4 Å². The molecule has 1 atom stereocenters. The number of hydrogen-bond acceptors (Lipinski definition) is 6. The highest BCUT2D eigenvalue weighted by Crippen LogP contribution is 2.18. The maximum atomic E-state index is 11.7. The molecule has 0 spiro atoms. The van der Waals surface area contributed by atoms with Gasteiger partial charge in [-0.05, 0) is 24.1 Å². The maximum absolute atomic E-state index is 11.7. The molecule has 8 heteroatoms. The Hall–Kier alpha value is -2.32. The Kier molecular flexibility index (Phi) is 8.86. The van der Waals surface area contributed by atoms with Crippen LogP contribution in [0.5, 0.6) is 5.75 Å². The molecule has 1 aromatic rings. The molecule has 8 nitrogen and oxygen atoms in total. The lowest BCUT2D eigenvalue weighted by Crippen LogP contribution is -2.38. The van der Waals surface area contributed by atoms with E-state index in [0.717, 1.165) is 45.7 Å². The normalized spacial score (nSPS) is 15.7. The Morgan fingerprint density at radius 1 is 1.22 bits per heavy atom. The van der Waals surface area contributed by atoms with Crippen LogP contribution >= 0.6 is 0 Å². The first-order chi connectivity index (χ1) is 13.1. The summed E-state index contributed by atoms with van der Waals surface area (Å²) in [5.74, 6) is -0.495. The van der Waals surface area contributed by atoms with Gasteiger partial charge in [-0.15, -0.1) is 0 Å². The summed E-state index contributed by atoms with van der Waals surface area (Å²) in [7, 11) is 0. The first-order valence-electron chi connectivity index (χ1n) is 9.29. The molecule has 1 fully saturated rings. The van der Waals surface area contributed by atoms with Gasteiger partial charge in [-0.25, -0.2) is 9.59 Å². The average molecular weight is 380 g/mol. The molecule has 0 aromatic heterocycles. The van der Waals surface area contributed by atoms with Gasteiger partial charge in [0.05, 0.1) is 19.8 Å². The Bertz CT molecular complexity index is 586. The summed E-state index contributed by atoms with van der Waals surface area (Å²) in [6.45, 7) is 6.91. The molecular weight excluding hydrogens is 352 g/mol. The van der Waals surface area contributed by atoms with Crippen LogP contribution in [0.15, 0.2) is 24.3 Å². The second kappa shape index (κ2) is 11.4. The summed E-state index contributed by atoms with van der Waals surface area (Å²) >= 11 is 0. The number of morpholine rings is 1. The smallest absolute Gasteiger partial charge is 0.408 e. The van der Waals surface area contributed by atoms with Gasteiger partial charge in [-0.2, -0.15) is 0 Å². The van der Waals surface area contributed by atoms with E-state index in [4.69, 9.17) is 14.2 Å². The number of hydrogen-bond donors (Lipinski definition) is 2. The quantitative estimate of drug-likeness (QED) is 0.600. The predicted octanol–water partition coefficient (Wildman–Crippen LogP) is 2.05. The van der Waals surface area contributed by atoms with Crippen LogP contribution < -0.4 is 10.1 Å². The summed E-state index contributed by atoms with van der Waals surface area (Å²) < 4.78 is 16.0. The zero-order valence-corrected chi connectivity index (χ0v) is 15.7. The number of carbonyl (C=O) groups excluding carboxylic acids is 1. The monoisotopic (exact) mass is 380 g/mol. The number of carboxylic acids is 1. The molecule has 1 saturated heterocycles. The van der Waals surface area contributed by atoms with E-state index in [-0.39, 0.29) is 6.61 Å². The molecule has 1 heterocycles. The van der Waals surface area contributed by atoms with Crippen molar-refractivity contribution in [1.29, 1.82) is 0 Å². The van der Waals surface area contributed by atoms with Crippen molar-refractivity contribution in [3.63, 3.8) is 0 Å². The molecule has 0 radical (unpaired) electrons. The number of benzene rings is 1. The number of unbranched alkanes of at least 4 members (excludes halogenated alkanes) is 1. The van der Waals surface area contributed by atoms with Crippen molar-refractivity contribution >= 4 is 12.1 Å². The van der Waals surface area contributed by atoms with Crippen LogP contribution in [0.4, 0.5) is 4.79 Å². The van der Waals surface area contributed by atoms with Crippen molar-refractivity contribution in [3.05, 3.63) is 29.8 Å². The molecule has 1 amide bonds. The van der Waals surface area contributed by atoms with Gasteiger partial charge in [0.2, 0.25) is 0 Å². The zero-order chi connectivity index (χ0) is 19.5. The Morgan fingerprint density at radius 3 is 2.56 bits per heavy atom. The lowest BCUT2D eigenvalue weighted by molar-refractivity contribution is -0.139. The number of carboxylic acid groups (broad SMARTS) is 1. The van der Waals surface area contributed by atoms with Gasteiger partial charge in [-0.1, -0.05) is 25.5 Å². The zero-order valence-electron chi connectivity index (χ0n) is 15.7. The third-order valence-electron chi connectivity index (χ3n) is 4.23. The van der Waals surface area contributed by atoms with Gasteiger partial charge < -0.3 is 24.6 Å². The fraction of sp³-hybridized carbons (Fsp3) is 0.579. The molecule has 1 aromatic carbocycles. The van der Waals surface area contributed by atoms with E-state index in [9.17, 15) is 14.7 Å². The van der Waals surface area contributed by atoms with Crippen LogP contribution in [0.3, 0.4) is 0 Å². The number of rotatable bonds is 10. The molecule has 150 valence electrons. The molecule has 0 saturated carbocycles. The fourth-order valence-corrected chi connectivity index (χ4v) is 2.63. The van der Waals surface area contributed by atoms with Crippen molar-refractivity contribution in [2.24, 2.45) is 0 Å². The van der Waals surface area contributed by atoms with Crippen molar-refractivity contribution in [1.82, 2.24) is 10.2 Å². The second-order valence-electron chi connectivity index (χ2n) is 6.28. The Balaban J connectivity index is 1.82. The highest BCUT2D eigenvalue weighted by Gasteiger charge is 2.22. The molecule has 0 aliphatic carbocycles. The highest BCUT2D eigenvalue weighted by atomic mass is 16.5. The van der Waals surface area contributed by atoms with Crippen LogP contribution in [0, 0.1) is 0 Å². The minimum Gasteiger partial charge on any atom is -0.492 e. The number of ether oxygens (including phenoxy) is 3. The average Bonchev–Trinajstić information content (AvgIpc) is 2.68. The number of alkyl carbamates (subject to hydrolysis) is 1. The van der Waals surface area contributed by atoms with E-state index in [1.807, 2.05) is 6.92 Å². The number of amides is 1. The highest BCUT2D eigenvalue weighted by molar-refractivity contribution is 5.81. The molecule has 1 aliphatic rings. The summed E-state index contributed by atoms with van der Waals surface area (Å²) in [5.41, 5.74) is 0.454. The van der Waals surface area contributed by atoms with E-state index >= 15 is 0 Å². The van der Waals surface area contributed by atoms with Gasteiger partial charge in [-0.3, -0.25) is 4.90 Å². The first kappa shape index (κ1) is 21.0. The number of carbonyl (C=O) groups is 2. The molecular formula is C19H28N2O6. The van der Waals surface area contributed by atoms with Gasteiger partial charge in [0, 0.05) is 19.6 Å². The molecule has 0 bridgehead atoms. The number of nitrogens with one attached hydrogen (secondary N) is 1. The molecule has 1 unspecified atom stereocenters. The topological polar surface area (TPSA) is 97.3 Å². The van der Waals surface area contributed by atoms with Gasteiger partial charge in [0.25, 0.3) is 0 Å². The largest absolute Gasteiger partial charge is 0.492 e. The summed E-state index contributed by atoms with van der Waals surface area (Å²) in [6.07, 6.45) is 0.895. The van der Waals surface area contributed by atoms with Crippen LogP contribution in [-0.4, -0.2) is 68.1 Å². The van der Waals surface area contributed by atoms with Gasteiger partial charge in [0.15, 0.2) is 6.04 Å². The number of aliphatic carboxylic acids is 1. The van der Waals surface area contributed by atoms with Gasteiger partial charge in [0.1, 0.15) is 12.4 Å². The SMILES string of the molecule is CCCCOC(=O)NC(C(=O)O)c1ccc(OCCN2CCOCC2)cc1. The third-order valence-corrected chi connectivity index (χ3v) is 4.23. The second-order valence-corrected chi connectivity index (χ2v) is 6.28. The van der Waals surface area contributed by atoms with Gasteiger partial charge >= 0.3 is 12.1 Å². The molecule has 1 aliphatic heterocycles. The molecule has 2 N–H and O–H groups in total. The lowest BCUT2D eigenvalue weighted by atomic mass is 10.1. The van der Waals surface area contributed by atoms with E-state index in [1.165, 1.54) is 0 Å². The van der Waals surface area contributed by atoms with Crippen molar-refractivity contribution in [2.45, 2.75) is 25.8 Å². The minimum atomic E-state index is -1.17.